The minimum absolute atomic E-state index is 0.0147. The van der Waals surface area contributed by atoms with Crippen molar-refractivity contribution in [2.75, 3.05) is 6.54 Å². The van der Waals surface area contributed by atoms with Crippen LogP contribution < -0.4 is 5.32 Å². The Morgan fingerprint density at radius 3 is 2.47 bits per heavy atom. The van der Waals surface area contributed by atoms with Gasteiger partial charge in [-0.25, -0.2) is 4.98 Å². The number of amides is 2. The van der Waals surface area contributed by atoms with Gasteiger partial charge in [0.25, 0.3) is 11.6 Å². The summed E-state index contributed by atoms with van der Waals surface area (Å²) in [6, 6.07) is 24.8. The van der Waals surface area contributed by atoms with Crippen molar-refractivity contribution in [2.24, 2.45) is 5.92 Å². The molecule has 0 spiro atoms. The number of fused-ring (bicyclic) bond motifs is 1. The van der Waals surface area contributed by atoms with Gasteiger partial charge in [-0.3, -0.25) is 19.7 Å². The van der Waals surface area contributed by atoms with Crippen molar-refractivity contribution in [3.8, 4) is 0 Å². The summed E-state index contributed by atoms with van der Waals surface area (Å²) in [6.07, 6.45) is 4.12. The molecule has 47 heavy (non-hydrogen) atoms. The average molecular weight is 673 g/mol. The maximum atomic E-state index is 14.1. The smallest absolute Gasteiger partial charge is 0.269 e. The van der Waals surface area contributed by atoms with Gasteiger partial charge in [0.1, 0.15) is 0 Å². The third kappa shape index (κ3) is 8.36. The van der Waals surface area contributed by atoms with Crippen LogP contribution in [0.3, 0.4) is 0 Å². The number of nitrogens with zero attached hydrogens (tertiary/aromatic N) is 4. The van der Waals surface area contributed by atoms with Gasteiger partial charge in [-0.05, 0) is 46.0 Å². The molecule has 0 fully saturated rings. The van der Waals surface area contributed by atoms with E-state index in [-0.39, 0.29) is 49.0 Å². The maximum absolute atomic E-state index is 14.1. The number of aromatic nitrogens is 2. The lowest BCUT2D eigenvalue weighted by molar-refractivity contribution is -0.384. The first-order valence-electron chi connectivity index (χ1n) is 15.4. The molecule has 5 aromatic rings. The van der Waals surface area contributed by atoms with Gasteiger partial charge < -0.3 is 14.8 Å². The largest absolute Gasteiger partial charge is 0.351 e. The number of carbonyl (C=O) groups excluding carboxylic acids is 2. The first kappa shape index (κ1) is 33.6. The molecule has 0 radical (unpaired) electrons. The topological polar surface area (TPSA) is 110 Å². The Hall–Kier alpha value is -4.73. The summed E-state index contributed by atoms with van der Waals surface area (Å²) in [5, 5.41) is 17.0. The van der Waals surface area contributed by atoms with Crippen LogP contribution in [0.2, 0.25) is 10.0 Å². The number of hydrogen-bond donors (Lipinski definition) is 1. The van der Waals surface area contributed by atoms with Crippen molar-refractivity contribution in [1.82, 2.24) is 19.8 Å². The predicted molar refractivity (Wildman–Crippen MR) is 185 cm³/mol. The summed E-state index contributed by atoms with van der Waals surface area (Å²) in [6.45, 7) is 4.96. The SMILES string of the molecule is CC[C@H](C)[C@@H](CN(Cc1cccc(Cl)c1Cl)C(=O)c1ccc2ccccc2c1)NC(=O)Cc1cncn1Cc1ccc([N+](=O)[O-])cc1. The highest BCUT2D eigenvalue weighted by atomic mass is 35.5. The summed E-state index contributed by atoms with van der Waals surface area (Å²) in [7, 11) is 0. The number of nitro groups is 1. The molecular formula is C36H35Cl2N5O4. The van der Waals surface area contributed by atoms with Gasteiger partial charge in [-0.2, -0.15) is 0 Å². The Morgan fingerprint density at radius 1 is 1.00 bits per heavy atom. The van der Waals surface area contributed by atoms with Gasteiger partial charge in [0.05, 0.1) is 27.7 Å². The molecule has 0 saturated carbocycles. The van der Waals surface area contributed by atoms with Crippen LogP contribution in [0.5, 0.6) is 0 Å². The normalized spacial score (nSPS) is 12.4. The highest BCUT2D eigenvalue weighted by molar-refractivity contribution is 6.42. The molecule has 0 aliphatic rings. The zero-order chi connectivity index (χ0) is 33.5. The van der Waals surface area contributed by atoms with Gasteiger partial charge in [0.15, 0.2) is 0 Å². The van der Waals surface area contributed by atoms with Crippen molar-refractivity contribution in [3.63, 3.8) is 0 Å². The molecule has 9 nitrogen and oxygen atoms in total. The summed E-state index contributed by atoms with van der Waals surface area (Å²) in [4.78, 5) is 44.2. The Balaban J connectivity index is 1.36. The summed E-state index contributed by atoms with van der Waals surface area (Å²) < 4.78 is 1.84. The lowest BCUT2D eigenvalue weighted by Gasteiger charge is -2.32. The van der Waals surface area contributed by atoms with E-state index < -0.39 is 4.92 Å². The van der Waals surface area contributed by atoms with E-state index in [2.05, 4.69) is 17.2 Å². The second-order valence-corrected chi connectivity index (χ2v) is 12.4. The van der Waals surface area contributed by atoms with Crippen molar-refractivity contribution in [2.45, 2.75) is 45.8 Å². The Labute approximate surface area is 283 Å². The molecule has 2 atom stereocenters. The Morgan fingerprint density at radius 2 is 1.74 bits per heavy atom. The van der Waals surface area contributed by atoms with E-state index in [1.54, 1.807) is 41.7 Å². The third-order valence-corrected chi connectivity index (χ3v) is 9.27. The number of rotatable bonds is 13. The molecule has 0 saturated heterocycles. The van der Waals surface area contributed by atoms with Crippen LogP contribution in [0.1, 0.15) is 47.4 Å². The molecule has 1 aromatic heterocycles. The molecule has 5 rings (SSSR count). The number of non-ortho nitro benzene ring substituents is 1. The number of imidazole rings is 1. The van der Waals surface area contributed by atoms with Crippen LogP contribution >= 0.6 is 23.2 Å². The number of nitrogens with one attached hydrogen (secondary N) is 1. The van der Waals surface area contributed by atoms with Crippen LogP contribution in [0.15, 0.2) is 97.5 Å². The first-order chi connectivity index (χ1) is 22.6. The summed E-state index contributed by atoms with van der Waals surface area (Å²) >= 11 is 12.9. The standard InChI is InChI=1S/C36H35Cl2N5O4/c1-3-24(2)33(40-34(44)18-31-19-39-23-42(31)20-25-11-15-30(16-12-25)43(46)47)22-41(21-29-9-6-10-32(37)35(29)38)36(45)28-14-13-26-7-4-5-8-27(26)17-28/h4-17,19,23-24,33H,3,18,20-22H2,1-2H3,(H,40,44)/t24-,33+/m0/s1. The zero-order valence-electron chi connectivity index (χ0n) is 26.1. The highest BCUT2D eigenvalue weighted by Crippen LogP contribution is 2.28. The maximum Gasteiger partial charge on any atom is 0.269 e. The van der Waals surface area contributed by atoms with Crippen LogP contribution in [0, 0.1) is 16.0 Å². The lowest BCUT2D eigenvalue weighted by atomic mass is 9.97. The van der Waals surface area contributed by atoms with E-state index in [1.165, 1.54) is 12.1 Å². The fourth-order valence-corrected chi connectivity index (χ4v) is 5.85. The molecule has 2 amide bonds. The van der Waals surface area contributed by atoms with Gasteiger partial charge in [-0.1, -0.05) is 98.1 Å². The van der Waals surface area contributed by atoms with Crippen LogP contribution in [0.4, 0.5) is 5.69 Å². The van der Waals surface area contributed by atoms with E-state index in [9.17, 15) is 19.7 Å². The number of nitro benzene ring substituents is 1. The van der Waals surface area contributed by atoms with E-state index in [1.807, 2.05) is 60.0 Å². The minimum Gasteiger partial charge on any atom is -0.351 e. The highest BCUT2D eigenvalue weighted by Gasteiger charge is 2.27. The van der Waals surface area contributed by atoms with Crippen LogP contribution in [-0.2, 0) is 24.3 Å². The quantitative estimate of drug-likeness (QED) is 0.102. The first-order valence-corrected chi connectivity index (χ1v) is 16.1. The van der Waals surface area contributed by atoms with Crippen LogP contribution in [-0.4, -0.2) is 43.8 Å². The molecule has 0 bridgehead atoms. The second-order valence-electron chi connectivity index (χ2n) is 11.6. The summed E-state index contributed by atoms with van der Waals surface area (Å²) in [5.41, 5.74) is 2.79. The van der Waals surface area contributed by atoms with E-state index in [0.717, 1.165) is 22.8 Å². The number of carbonyl (C=O) groups is 2. The van der Waals surface area contributed by atoms with Gasteiger partial charge >= 0.3 is 0 Å². The molecule has 4 aromatic carbocycles. The number of benzene rings is 4. The van der Waals surface area contributed by atoms with Crippen molar-refractivity contribution < 1.29 is 14.5 Å². The van der Waals surface area contributed by atoms with Crippen molar-refractivity contribution >= 4 is 51.5 Å². The van der Waals surface area contributed by atoms with E-state index >= 15 is 0 Å². The zero-order valence-corrected chi connectivity index (χ0v) is 27.6. The molecule has 0 aliphatic heterocycles. The fraction of sp³-hybridized carbons (Fsp3) is 0.250. The predicted octanol–water partition coefficient (Wildman–Crippen LogP) is 7.72. The second kappa shape index (κ2) is 15.2. The average Bonchev–Trinajstić information content (AvgIpc) is 3.50. The van der Waals surface area contributed by atoms with Gasteiger partial charge in [-0.15, -0.1) is 0 Å². The number of halogens is 2. The number of hydrogen-bond acceptors (Lipinski definition) is 5. The molecule has 1 N–H and O–H groups in total. The molecule has 1 heterocycles. The van der Waals surface area contributed by atoms with Gasteiger partial charge in [0, 0.05) is 55.3 Å². The van der Waals surface area contributed by atoms with Crippen LogP contribution in [0.25, 0.3) is 10.8 Å². The molecule has 0 unspecified atom stereocenters. The Bertz CT molecular complexity index is 1890. The fourth-order valence-electron chi connectivity index (χ4n) is 5.47. The monoisotopic (exact) mass is 671 g/mol. The molecular weight excluding hydrogens is 637 g/mol. The third-order valence-electron chi connectivity index (χ3n) is 8.41. The lowest BCUT2D eigenvalue weighted by Crippen LogP contribution is -2.49. The Kier molecular flexibility index (Phi) is 10.9. The molecule has 0 aliphatic carbocycles. The van der Waals surface area contributed by atoms with E-state index in [0.29, 0.717) is 33.4 Å². The molecule has 11 heteroatoms. The van der Waals surface area contributed by atoms with Crippen molar-refractivity contribution in [1.29, 1.82) is 0 Å². The van der Waals surface area contributed by atoms with Crippen molar-refractivity contribution in [3.05, 3.63) is 140 Å². The summed E-state index contributed by atoms with van der Waals surface area (Å²) in [5.74, 6) is -0.346. The van der Waals surface area contributed by atoms with E-state index in [4.69, 9.17) is 23.2 Å². The minimum atomic E-state index is -0.440. The molecule has 242 valence electrons. The van der Waals surface area contributed by atoms with Gasteiger partial charge in [0.2, 0.25) is 5.91 Å².